The van der Waals surface area contributed by atoms with E-state index in [2.05, 4.69) is 12.1 Å². The molecule has 1 fully saturated rings. The zero-order valence-electron chi connectivity index (χ0n) is 7.92. The van der Waals surface area contributed by atoms with Crippen LogP contribution >= 0.6 is 0 Å². The minimum Gasteiger partial charge on any atom is -0.301 e. The van der Waals surface area contributed by atoms with Gasteiger partial charge in [-0.1, -0.05) is 31.4 Å². The Morgan fingerprint density at radius 1 is 0.923 bits per heavy atom. The summed E-state index contributed by atoms with van der Waals surface area (Å²) in [4.78, 5) is 0. The number of nitrogens with one attached hydrogen (secondary N) is 1. The van der Waals surface area contributed by atoms with Crippen LogP contribution in [0.2, 0.25) is 0 Å². The van der Waals surface area contributed by atoms with Gasteiger partial charge in [0.15, 0.2) is 0 Å². The van der Waals surface area contributed by atoms with Crippen LogP contribution in [0.5, 0.6) is 0 Å². The summed E-state index contributed by atoms with van der Waals surface area (Å²) in [5.74, 6) is 0.773. The SMILES string of the molecule is [NH]c1ccc(C2CCCCC2)cc1. The second-order valence-electron chi connectivity index (χ2n) is 3.96. The van der Waals surface area contributed by atoms with Gasteiger partial charge >= 0.3 is 0 Å². The lowest BCUT2D eigenvalue weighted by Gasteiger charge is -2.21. The van der Waals surface area contributed by atoms with Gasteiger partial charge in [-0.3, -0.25) is 0 Å². The minimum absolute atomic E-state index is 0.625. The van der Waals surface area contributed by atoms with Crippen molar-refractivity contribution < 1.29 is 0 Å². The molecule has 0 heterocycles. The van der Waals surface area contributed by atoms with Crippen LogP contribution in [0.4, 0.5) is 5.69 Å². The molecule has 1 aromatic carbocycles. The van der Waals surface area contributed by atoms with Gasteiger partial charge in [-0.15, -0.1) is 0 Å². The van der Waals surface area contributed by atoms with E-state index in [-0.39, 0.29) is 0 Å². The first-order valence-electron chi connectivity index (χ1n) is 5.18. The normalized spacial score (nSPS) is 18.8. The molecule has 1 nitrogen and oxygen atoms in total. The van der Waals surface area contributed by atoms with Crippen LogP contribution in [0.25, 0.3) is 0 Å². The largest absolute Gasteiger partial charge is 0.301 e. The Balaban J connectivity index is 2.10. The predicted octanol–water partition coefficient (Wildman–Crippen LogP) is 3.65. The van der Waals surface area contributed by atoms with Gasteiger partial charge in [0, 0.05) is 0 Å². The Labute approximate surface area is 80.0 Å². The highest BCUT2D eigenvalue weighted by atomic mass is 14.5. The van der Waals surface area contributed by atoms with E-state index in [1.54, 1.807) is 0 Å². The first-order valence-corrected chi connectivity index (χ1v) is 5.18. The fourth-order valence-electron chi connectivity index (χ4n) is 2.19. The summed E-state index contributed by atoms with van der Waals surface area (Å²) in [6.45, 7) is 0. The third-order valence-corrected chi connectivity index (χ3v) is 2.99. The van der Waals surface area contributed by atoms with Crippen LogP contribution < -0.4 is 5.73 Å². The monoisotopic (exact) mass is 174 g/mol. The molecule has 0 spiro atoms. The van der Waals surface area contributed by atoms with Crippen molar-refractivity contribution in [3.63, 3.8) is 0 Å². The maximum atomic E-state index is 7.41. The molecule has 0 saturated heterocycles. The molecule has 2 rings (SSSR count). The fourth-order valence-corrected chi connectivity index (χ4v) is 2.19. The average Bonchev–Trinajstić information content (AvgIpc) is 2.20. The van der Waals surface area contributed by atoms with Crippen LogP contribution in [0.15, 0.2) is 24.3 Å². The van der Waals surface area contributed by atoms with Gasteiger partial charge < -0.3 is 5.73 Å². The first kappa shape index (κ1) is 8.61. The first-order chi connectivity index (χ1) is 6.36. The maximum Gasteiger partial charge on any atom is 0.0540 e. The van der Waals surface area contributed by atoms with E-state index in [1.165, 1.54) is 37.7 Å². The topological polar surface area (TPSA) is 23.8 Å². The summed E-state index contributed by atoms with van der Waals surface area (Å²) in [6, 6.07) is 8.06. The molecule has 0 unspecified atom stereocenters. The molecule has 1 aromatic rings. The van der Waals surface area contributed by atoms with Gasteiger partial charge in [0.05, 0.1) is 5.69 Å². The van der Waals surface area contributed by atoms with Crippen LogP contribution in [0.3, 0.4) is 0 Å². The van der Waals surface area contributed by atoms with Gasteiger partial charge in [0.2, 0.25) is 0 Å². The van der Waals surface area contributed by atoms with Crippen molar-refractivity contribution in [2.45, 2.75) is 38.0 Å². The summed E-state index contributed by atoms with van der Waals surface area (Å²) < 4.78 is 0. The smallest absolute Gasteiger partial charge is 0.0540 e. The van der Waals surface area contributed by atoms with Crippen LogP contribution in [-0.4, -0.2) is 0 Å². The molecular weight excluding hydrogens is 158 g/mol. The van der Waals surface area contributed by atoms with Gasteiger partial charge in [-0.05, 0) is 36.5 Å². The van der Waals surface area contributed by atoms with E-state index in [4.69, 9.17) is 5.73 Å². The summed E-state index contributed by atoms with van der Waals surface area (Å²) in [5.41, 5.74) is 9.47. The predicted molar refractivity (Wildman–Crippen MR) is 55.0 cm³/mol. The highest BCUT2D eigenvalue weighted by Crippen LogP contribution is 2.32. The minimum atomic E-state index is 0.625. The quantitative estimate of drug-likeness (QED) is 0.620. The molecule has 69 valence electrons. The fraction of sp³-hybridized carbons (Fsp3) is 0.500. The summed E-state index contributed by atoms with van der Waals surface area (Å²) >= 11 is 0. The van der Waals surface area contributed by atoms with Crippen molar-refractivity contribution in [3.8, 4) is 0 Å². The Kier molecular flexibility index (Phi) is 2.53. The van der Waals surface area contributed by atoms with E-state index >= 15 is 0 Å². The second-order valence-corrected chi connectivity index (χ2v) is 3.96. The Bertz CT molecular complexity index is 257. The molecule has 1 heteroatoms. The maximum absolute atomic E-state index is 7.41. The van der Waals surface area contributed by atoms with Crippen molar-refractivity contribution in [1.29, 1.82) is 0 Å². The van der Waals surface area contributed by atoms with Gasteiger partial charge in [0.25, 0.3) is 0 Å². The lowest BCUT2D eigenvalue weighted by Crippen LogP contribution is -2.03. The highest BCUT2D eigenvalue weighted by molar-refractivity contribution is 5.37. The molecule has 1 radical (unpaired) electrons. The van der Waals surface area contributed by atoms with Crippen molar-refractivity contribution in [2.75, 3.05) is 0 Å². The van der Waals surface area contributed by atoms with Gasteiger partial charge in [-0.25, -0.2) is 0 Å². The molecular formula is C12H16N. The van der Waals surface area contributed by atoms with E-state index < -0.39 is 0 Å². The molecule has 0 bridgehead atoms. The molecule has 0 amide bonds. The lowest BCUT2D eigenvalue weighted by atomic mass is 9.84. The molecule has 1 aliphatic rings. The molecule has 0 atom stereocenters. The number of rotatable bonds is 1. The Hall–Kier alpha value is -0.980. The van der Waals surface area contributed by atoms with Crippen LogP contribution in [-0.2, 0) is 0 Å². The molecule has 1 aliphatic carbocycles. The zero-order valence-corrected chi connectivity index (χ0v) is 7.92. The van der Waals surface area contributed by atoms with Crippen molar-refractivity contribution in [2.24, 2.45) is 0 Å². The lowest BCUT2D eigenvalue weighted by molar-refractivity contribution is 0.443. The van der Waals surface area contributed by atoms with Crippen LogP contribution in [0.1, 0.15) is 43.6 Å². The summed E-state index contributed by atoms with van der Waals surface area (Å²) in [5, 5.41) is 0. The van der Waals surface area contributed by atoms with E-state index in [1.807, 2.05) is 12.1 Å². The highest BCUT2D eigenvalue weighted by Gasteiger charge is 2.14. The Morgan fingerprint density at radius 2 is 1.54 bits per heavy atom. The number of hydrogen-bond donors (Lipinski definition) is 0. The van der Waals surface area contributed by atoms with E-state index in [0.717, 1.165) is 5.92 Å². The molecule has 1 saturated carbocycles. The summed E-state index contributed by atoms with van der Waals surface area (Å²) in [7, 11) is 0. The average molecular weight is 174 g/mol. The third kappa shape index (κ3) is 2.03. The number of benzene rings is 1. The van der Waals surface area contributed by atoms with Crippen molar-refractivity contribution in [1.82, 2.24) is 5.73 Å². The molecule has 0 aromatic heterocycles. The van der Waals surface area contributed by atoms with E-state index in [9.17, 15) is 0 Å². The number of hydrogen-bond acceptors (Lipinski definition) is 0. The van der Waals surface area contributed by atoms with Crippen LogP contribution in [0, 0.1) is 0 Å². The molecule has 1 N–H and O–H groups in total. The van der Waals surface area contributed by atoms with Gasteiger partial charge in [-0.2, -0.15) is 0 Å². The van der Waals surface area contributed by atoms with Crippen molar-refractivity contribution >= 4 is 5.69 Å². The van der Waals surface area contributed by atoms with Gasteiger partial charge in [0.1, 0.15) is 0 Å². The zero-order chi connectivity index (χ0) is 9.10. The van der Waals surface area contributed by atoms with E-state index in [0.29, 0.717) is 5.69 Å². The molecule has 0 aliphatic heterocycles. The van der Waals surface area contributed by atoms with Crippen molar-refractivity contribution in [3.05, 3.63) is 29.8 Å². The molecule has 13 heavy (non-hydrogen) atoms. The Morgan fingerprint density at radius 3 is 2.15 bits per heavy atom. The summed E-state index contributed by atoms with van der Waals surface area (Å²) in [6.07, 6.45) is 6.86. The second kappa shape index (κ2) is 3.82. The third-order valence-electron chi connectivity index (χ3n) is 2.99. The standard InChI is InChI=1S/C12H16N/c13-12-8-6-11(7-9-12)10-4-2-1-3-5-10/h6-10,13H,1-5H2.